The first-order valence-electron chi connectivity index (χ1n) is 6.67. The molecule has 0 rings (SSSR count). The van der Waals surface area contributed by atoms with Crippen molar-refractivity contribution in [2.24, 2.45) is 0 Å². The predicted molar refractivity (Wildman–Crippen MR) is 89.0 cm³/mol. The molecule has 0 aromatic heterocycles. The fraction of sp³-hybridized carbons (Fsp3) is 0.733. The Morgan fingerprint density at radius 3 is 2.42 bits per heavy atom. The third kappa shape index (κ3) is 9.45. The first-order valence-corrected chi connectivity index (χ1v) is 10.4. The summed E-state index contributed by atoms with van der Waals surface area (Å²) in [5, 5.41) is 0.282. The molecule has 0 aliphatic heterocycles. The van der Waals surface area contributed by atoms with Crippen LogP contribution in [-0.4, -0.2) is 28.1 Å². The maximum absolute atomic E-state index is 6.08. The molecule has 4 heteroatoms. The molecule has 0 saturated heterocycles. The van der Waals surface area contributed by atoms with Gasteiger partial charge in [0.05, 0.1) is 6.61 Å². The highest BCUT2D eigenvalue weighted by Crippen LogP contribution is 2.36. The average Bonchev–Trinajstić information content (AvgIpc) is 2.24. The summed E-state index contributed by atoms with van der Waals surface area (Å²) < 4.78 is 12.2. The molecule has 110 valence electrons. The van der Waals surface area contributed by atoms with Crippen LogP contribution in [0.25, 0.3) is 0 Å². The van der Waals surface area contributed by atoms with Gasteiger partial charge in [0.15, 0.2) is 8.32 Å². The van der Waals surface area contributed by atoms with Gasteiger partial charge < -0.3 is 9.16 Å². The SMILES string of the molecule is C=C(Br)COCC#CCCCO[Si](C)(C)C(C)(C)C. The molecular weight excluding hydrogens is 320 g/mol. The van der Waals surface area contributed by atoms with Gasteiger partial charge in [-0.05, 0) is 24.6 Å². The molecule has 0 atom stereocenters. The van der Waals surface area contributed by atoms with Crippen LogP contribution in [0.5, 0.6) is 0 Å². The lowest BCUT2D eigenvalue weighted by atomic mass is 10.2. The Balaban J connectivity index is 3.66. The molecular formula is C15H27BrO2Si. The van der Waals surface area contributed by atoms with Crippen LogP contribution >= 0.6 is 15.9 Å². The van der Waals surface area contributed by atoms with Gasteiger partial charge in [-0.3, -0.25) is 0 Å². The molecule has 19 heavy (non-hydrogen) atoms. The van der Waals surface area contributed by atoms with Crippen LogP contribution in [0.4, 0.5) is 0 Å². The van der Waals surface area contributed by atoms with Crippen LogP contribution in [0.2, 0.25) is 18.1 Å². The fourth-order valence-corrected chi connectivity index (χ4v) is 2.31. The van der Waals surface area contributed by atoms with E-state index in [1.165, 1.54) is 0 Å². The van der Waals surface area contributed by atoms with Crippen LogP contribution in [0.1, 0.15) is 33.6 Å². The molecule has 0 radical (unpaired) electrons. The van der Waals surface area contributed by atoms with Crippen molar-refractivity contribution in [3.63, 3.8) is 0 Å². The smallest absolute Gasteiger partial charge is 0.191 e. The molecule has 0 aromatic rings. The van der Waals surface area contributed by atoms with Crippen LogP contribution < -0.4 is 0 Å². The Kier molecular flexibility index (Phi) is 8.92. The highest BCUT2D eigenvalue weighted by atomic mass is 79.9. The second-order valence-electron chi connectivity index (χ2n) is 6.08. The van der Waals surface area contributed by atoms with Gasteiger partial charge in [0.1, 0.15) is 6.61 Å². The van der Waals surface area contributed by atoms with Crippen molar-refractivity contribution in [2.45, 2.75) is 51.7 Å². The van der Waals surface area contributed by atoms with Crippen molar-refractivity contribution in [1.82, 2.24) is 0 Å². The van der Waals surface area contributed by atoms with Crippen molar-refractivity contribution >= 4 is 24.2 Å². The third-order valence-corrected chi connectivity index (χ3v) is 8.04. The zero-order valence-corrected chi connectivity index (χ0v) is 15.5. The predicted octanol–water partition coefficient (Wildman–Crippen LogP) is 4.72. The van der Waals surface area contributed by atoms with Crippen molar-refractivity contribution in [3.8, 4) is 11.8 Å². The monoisotopic (exact) mass is 346 g/mol. The molecule has 2 nitrogen and oxygen atoms in total. The summed E-state index contributed by atoms with van der Waals surface area (Å²) in [4.78, 5) is 0. The zero-order valence-electron chi connectivity index (χ0n) is 12.9. The van der Waals surface area contributed by atoms with Gasteiger partial charge in [0.2, 0.25) is 0 Å². The topological polar surface area (TPSA) is 18.5 Å². The summed E-state index contributed by atoms with van der Waals surface area (Å²) in [6, 6.07) is 0. The van der Waals surface area contributed by atoms with Crippen LogP contribution in [-0.2, 0) is 9.16 Å². The largest absolute Gasteiger partial charge is 0.417 e. The van der Waals surface area contributed by atoms with Gasteiger partial charge in [-0.2, -0.15) is 0 Å². The summed E-state index contributed by atoms with van der Waals surface area (Å²) in [6.07, 6.45) is 1.86. The number of rotatable bonds is 7. The maximum atomic E-state index is 6.08. The van der Waals surface area contributed by atoms with Crippen molar-refractivity contribution in [2.75, 3.05) is 19.8 Å². The lowest BCUT2D eigenvalue weighted by Crippen LogP contribution is -2.40. The van der Waals surface area contributed by atoms with Crippen LogP contribution in [0.3, 0.4) is 0 Å². The quantitative estimate of drug-likeness (QED) is 0.377. The molecule has 0 spiro atoms. The standard InChI is InChI=1S/C15H27BrO2Si/c1-14(16)13-17-11-9-7-8-10-12-18-19(5,6)15(2,3)4/h1,8,10-13H2,2-6H3. The minimum absolute atomic E-state index is 0.282. The number of unbranched alkanes of at least 4 members (excludes halogenated alkanes) is 1. The van der Waals surface area contributed by atoms with Gasteiger partial charge in [0, 0.05) is 17.5 Å². The van der Waals surface area contributed by atoms with E-state index in [1.54, 1.807) is 0 Å². The molecule has 0 unspecified atom stereocenters. The van der Waals surface area contributed by atoms with Gasteiger partial charge in [-0.15, -0.1) is 5.92 Å². The van der Waals surface area contributed by atoms with Crippen LogP contribution in [0.15, 0.2) is 11.1 Å². The molecule has 0 saturated carbocycles. The van der Waals surface area contributed by atoms with Crippen molar-refractivity contribution < 1.29 is 9.16 Å². The number of hydrogen-bond donors (Lipinski definition) is 0. The Morgan fingerprint density at radius 2 is 1.89 bits per heavy atom. The summed E-state index contributed by atoms with van der Waals surface area (Å²) >= 11 is 3.23. The summed E-state index contributed by atoms with van der Waals surface area (Å²) in [6.45, 7) is 16.8. The first kappa shape index (κ1) is 18.9. The Hall–Kier alpha value is -0.0831. The fourth-order valence-electron chi connectivity index (χ4n) is 1.06. The maximum Gasteiger partial charge on any atom is 0.191 e. The molecule has 0 heterocycles. The Morgan fingerprint density at radius 1 is 1.26 bits per heavy atom. The van der Waals surface area contributed by atoms with E-state index in [4.69, 9.17) is 9.16 Å². The summed E-state index contributed by atoms with van der Waals surface area (Å²) in [5.74, 6) is 6.09. The Bertz CT molecular complexity index is 334. The van der Waals surface area contributed by atoms with Gasteiger partial charge in [-0.1, -0.05) is 49.2 Å². The van der Waals surface area contributed by atoms with E-state index in [0.717, 1.165) is 23.9 Å². The minimum atomic E-state index is -1.59. The number of hydrogen-bond acceptors (Lipinski definition) is 2. The normalized spacial score (nSPS) is 11.9. The van der Waals surface area contributed by atoms with E-state index in [0.29, 0.717) is 13.2 Å². The molecule has 0 amide bonds. The molecule has 0 aliphatic rings. The van der Waals surface area contributed by atoms with Crippen LogP contribution in [0, 0.1) is 11.8 Å². The molecule has 0 fully saturated rings. The summed E-state index contributed by atoms with van der Waals surface area (Å²) in [7, 11) is -1.59. The van der Waals surface area contributed by atoms with Gasteiger partial charge >= 0.3 is 0 Å². The third-order valence-electron chi connectivity index (χ3n) is 3.27. The van der Waals surface area contributed by atoms with Gasteiger partial charge in [0.25, 0.3) is 0 Å². The van der Waals surface area contributed by atoms with E-state index < -0.39 is 8.32 Å². The zero-order chi connectivity index (χ0) is 14.9. The van der Waals surface area contributed by atoms with E-state index in [1.807, 2.05) is 0 Å². The van der Waals surface area contributed by atoms with E-state index >= 15 is 0 Å². The highest BCUT2D eigenvalue weighted by molar-refractivity contribution is 9.11. The first-order chi connectivity index (χ1) is 8.67. The molecule has 0 bridgehead atoms. The highest BCUT2D eigenvalue weighted by Gasteiger charge is 2.36. The second kappa shape index (κ2) is 8.96. The van der Waals surface area contributed by atoms with Crippen molar-refractivity contribution in [1.29, 1.82) is 0 Å². The van der Waals surface area contributed by atoms with Crippen molar-refractivity contribution in [3.05, 3.63) is 11.1 Å². The van der Waals surface area contributed by atoms with E-state index in [9.17, 15) is 0 Å². The second-order valence-corrected chi connectivity index (χ2v) is 12.0. The van der Waals surface area contributed by atoms with E-state index in [2.05, 4.69) is 68.2 Å². The average molecular weight is 347 g/mol. The number of ether oxygens (including phenoxy) is 1. The molecule has 0 N–H and O–H groups in total. The van der Waals surface area contributed by atoms with E-state index in [-0.39, 0.29) is 5.04 Å². The number of halogens is 1. The Labute approximate surface area is 128 Å². The molecule has 0 aromatic carbocycles. The van der Waals surface area contributed by atoms with Gasteiger partial charge in [-0.25, -0.2) is 0 Å². The molecule has 0 aliphatic carbocycles. The lowest BCUT2D eigenvalue weighted by Gasteiger charge is -2.36. The minimum Gasteiger partial charge on any atom is -0.417 e. The lowest BCUT2D eigenvalue weighted by molar-refractivity contribution is 0.197. The summed E-state index contributed by atoms with van der Waals surface area (Å²) in [5.41, 5.74) is 0.